The van der Waals surface area contributed by atoms with Crippen molar-refractivity contribution in [1.82, 2.24) is 0 Å². The minimum Gasteiger partial charge on any atom is -0.394 e. The van der Waals surface area contributed by atoms with Crippen LogP contribution in [0.15, 0.2) is 11.6 Å². The third-order valence-corrected chi connectivity index (χ3v) is 16.9. The zero-order chi connectivity index (χ0) is 39.0. The van der Waals surface area contributed by atoms with Gasteiger partial charge in [0.1, 0.15) is 42.7 Å². The van der Waals surface area contributed by atoms with Gasteiger partial charge in [0.25, 0.3) is 0 Å². The molecule has 13 heteroatoms. The molecule has 4 heterocycles. The highest BCUT2D eigenvalue weighted by molar-refractivity contribution is 5.27. The first-order valence-corrected chi connectivity index (χ1v) is 20.5. The summed E-state index contributed by atoms with van der Waals surface area (Å²) in [5, 5.41) is 75.2. The van der Waals surface area contributed by atoms with E-state index in [-0.39, 0.29) is 46.2 Å². The molecule has 2 spiro atoms. The largest absolute Gasteiger partial charge is 0.394 e. The van der Waals surface area contributed by atoms with Crippen LogP contribution >= 0.6 is 0 Å². The molecule has 2 bridgehead atoms. The predicted octanol–water partition coefficient (Wildman–Crippen LogP) is 2.00. The van der Waals surface area contributed by atoms with E-state index in [2.05, 4.69) is 47.6 Å². The van der Waals surface area contributed by atoms with Crippen LogP contribution in [-0.2, 0) is 28.4 Å². The van der Waals surface area contributed by atoms with Crippen molar-refractivity contribution in [3.8, 4) is 0 Å². The zero-order valence-electron chi connectivity index (χ0n) is 33.1. The molecule has 4 aliphatic heterocycles. The Labute approximate surface area is 319 Å². The van der Waals surface area contributed by atoms with Crippen molar-refractivity contribution < 1.29 is 64.2 Å². The maximum Gasteiger partial charge on any atom is 0.187 e. The van der Waals surface area contributed by atoms with Crippen LogP contribution in [-0.4, -0.2) is 135 Å². The lowest BCUT2D eigenvalue weighted by Gasteiger charge is -2.70. The Bertz CT molecular complexity index is 1450. The maximum absolute atomic E-state index is 12.3. The summed E-state index contributed by atoms with van der Waals surface area (Å²) in [5.74, 6) is 0.203. The Kier molecular flexibility index (Phi) is 9.91. The molecule has 8 aliphatic rings. The molecule has 7 N–H and O–H groups in total. The van der Waals surface area contributed by atoms with Crippen LogP contribution in [0, 0.1) is 51.2 Å². The van der Waals surface area contributed by atoms with E-state index >= 15 is 0 Å². The van der Waals surface area contributed by atoms with Gasteiger partial charge in [-0.15, -0.1) is 0 Å². The summed E-state index contributed by atoms with van der Waals surface area (Å²) in [5.41, 5.74) is -0.0875. The third kappa shape index (κ3) is 5.50. The second-order valence-electron chi connectivity index (χ2n) is 20.1. The van der Waals surface area contributed by atoms with Gasteiger partial charge in [-0.1, -0.05) is 39.3 Å². The highest BCUT2D eigenvalue weighted by Gasteiger charge is 2.81. The van der Waals surface area contributed by atoms with Crippen molar-refractivity contribution in [2.45, 2.75) is 166 Å². The van der Waals surface area contributed by atoms with Crippen LogP contribution in [0.5, 0.6) is 0 Å². The van der Waals surface area contributed by atoms with Crippen molar-refractivity contribution in [2.75, 3.05) is 26.4 Å². The Balaban J connectivity index is 0.993. The predicted molar refractivity (Wildman–Crippen MR) is 192 cm³/mol. The van der Waals surface area contributed by atoms with E-state index in [1.54, 1.807) is 0 Å². The molecule has 0 unspecified atom stereocenters. The first-order chi connectivity index (χ1) is 25.3. The standard InChI is InChI=1S/C41H66O13/c1-20(2)14-21-16-50-41-18-40(19-51-41)22(33(41)39(21,7)48)8-9-26-37(5)12-11-27(36(3,4)25(37)10-13-38(26,40)6)53-34-31(47)32(23(43)17-49-34)54-35-30(46)29(45)28(44)24(15-42)52-35/h14,21-35,42-48H,8-13,15-19H2,1-7H3/t21-,22-,23+,24-,25+,26-,27+,28-,29+,30-,31-,32+,33+,34+,35+,37+,38-,39+,40+,41-/m1/s1. The molecular weight excluding hydrogens is 700 g/mol. The molecule has 4 saturated heterocycles. The second kappa shape index (κ2) is 13.4. The molecule has 4 aliphatic carbocycles. The summed E-state index contributed by atoms with van der Waals surface area (Å²) in [6.45, 7) is 16.1. The molecule has 308 valence electrons. The van der Waals surface area contributed by atoms with E-state index in [1.807, 2.05) is 6.92 Å². The van der Waals surface area contributed by atoms with Crippen molar-refractivity contribution in [3.05, 3.63) is 11.6 Å². The first-order valence-electron chi connectivity index (χ1n) is 20.5. The van der Waals surface area contributed by atoms with Gasteiger partial charge in [-0.3, -0.25) is 0 Å². The Hall–Kier alpha value is -0.780. The van der Waals surface area contributed by atoms with E-state index in [0.29, 0.717) is 31.0 Å². The normalized spacial score (nSPS) is 57.7. The van der Waals surface area contributed by atoms with E-state index in [0.717, 1.165) is 44.9 Å². The van der Waals surface area contributed by atoms with E-state index in [1.165, 1.54) is 5.57 Å². The molecule has 0 aromatic rings. The van der Waals surface area contributed by atoms with Gasteiger partial charge in [0.05, 0.1) is 38.1 Å². The fraction of sp³-hybridized carbons (Fsp3) is 0.951. The monoisotopic (exact) mass is 766 g/mol. The topological polar surface area (TPSA) is 197 Å². The molecule has 4 saturated carbocycles. The Morgan fingerprint density at radius 2 is 1.54 bits per heavy atom. The van der Waals surface area contributed by atoms with Gasteiger partial charge in [-0.25, -0.2) is 0 Å². The number of ether oxygens (including phenoxy) is 6. The van der Waals surface area contributed by atoms with Crippen molar-refractivity contribution in [2.24, 2.45) is 51.2 Å². The highest BCUT2D eigenvalue weighted by Crippen LogP contribution is 2.80. The van der Waals surface area contributed by atoms with Crippen LogP contribution < -0.4 is 0 Å². The molecule has 54 heavy (non-hydrogen) atoms. The number of hydrogen-bond acceptors (Lipinski definition) is 13. The van der Waals surface area contributed by atoms with E-state index in [4.69, 9.17) is 28.4 Å². The zero-order valence-corrected chi connectivity index (χ0v) is 33.1. The summed E-state index contributed by atoms with van der Waals surface area (Å²) >= 11 is 0. The van der Waals surface area contributed by atoms with Crippen molar-refractivity contribution in [3.63, 3.8) is 0 Å². The fourth-order valence-corrected chi connectivity index (χ4v) is 14.3. The first kappa shape index (κ1) is 40.0. The SMILES string of the molecule is CC(C)=C[C@@H]1CO[C@]23C[C@]4(CO2)[C@H](CC[C@@H]2[C@@]5(C)CC[C@H](O[C@@H]6OC[C@H](O)[C@H](O[C@@H]7O[C@H](CO)[C@@H](O)[C@H](O)[C@H]7O)[C@H]6O)C(C)(C)[C@@H]5CC[C@]24C)[C@H]3[C@@]1(C)O. The summed E-state index contributed by atoms with van der Waals surface area (Å²) < 4.78 is 37.4. The quantitative estimate of drug-likeness (QED) is 0.153. The number of allylic oxidation sites excluding steroid dienone is 1. The lowest BCUT2D eigenvalue weighted by Crippen LogP contribution is -2.68. The lowest BCUT2D eigenvalue weighted by atomic mass is 9.35. The number of aliphatic hydroxyl groups excluding tert-OH is 6. The molecule has 0 amide bonds. The molecule has 0 radical (unpaired) electrons. The van der Waals surface area contributed by atoms with Crippen LogP contribution in [0.1, 0.15) is 93.4 Å². The Morgan fingerprint density at radius 3 is 2.24 bits per heavy atom. The molecule has 13 nitrogen and oxygen atoms in total. The summed E-state index contributed by atoms with van der Waals surface area (Å²) in [7, 11) is 0. The lowest BCUT2D eigenvalue weighted by molar-refractivity contribution is -0.358. The van der Waals surface area contributed by atoms with Gasteiger partial charge in [0.2, 0.25) is 0 Å². The van der Waals surface area contributed by atoms with Crippen LogP contribution in [0.3, 0.4) is 0 Å². The molecule has 0 aromatic carbocycles. The van der Waals surface area contributed by atoms with Gasteiger partial charge >= 0.3 is 0 Å². The van der Waals surface area contributed by atoms with Crippen LogP contribution in [0.25, 0.3) is 0 Å². The van der Waals surface area contributed by atoms with Crippen molar-refractivity contribution in [1.29, 1.82) is 0 Å². The number of fused-ring (bicyclic) bond motifs is 4. The van der Waals surface area contributed by atoms with Gasteiger partial charge in [0, 0.05) is 23.7 Å². The molecule has 20 atom stereocenters. The van der Waals surface area contributed by atoms with Gasteiger partial charge in [-0.05, 0) is 93.3 Å². The minimum absolute atomic E-state index is 0.00497. The molecule has 8 fully saturated rings. The molecule has 0 aromatic heterocycles. The number of aliphatic hydroxyl groups is 7. The molecular formula is C41H66O13. The minimum atomic E-state index is -1.68. The third-order valence-electron chi connectivity index (χ3n) is 16.9. The average Bonchev–Trinajstić information content (AvgIpc) is 3.64. The van der Waals surface area contributed by atoms with Crippen LogP contribution in [0.2, 0.25) is 0 Å². The average molecular weight is 767 g/mol. The van der Waals surface area contributed by atoms with Crippen molar-refractivity contribution >= 4 is 0 Å². The van der Waals surface area contributed by atoms with Gasteiger partial charge < -0.3 is 64.2 Å². The maximum atomic E-state index is 12.3. The summed E-state index contributed by atoms with van der Waals surface area (Å²) in [4.78, 5) is 0. The summed E-state index contributed by atoms with van der Waals surface area (Å²) in [6.07, 6.45) is -4.14. The van der Waals surface area contributed by atoms with E-state index < -0.39 is 73.3 Å². The van der Waals surface area contributed by atoms with Gasteiger partial charge in [0.15, 0.2) is 18.4 Å². The van der Waals surface area contributed by atoms with Gasteiger partial charge in [-0.2, -0.15) is 0 Å². The number of hydrogen-bond donors (Lipinski definition) is 7. The smallest absolute Gasteiger partial charge is 0.187 e. The summed E-state index contributed by atoms with van der Waals surface area (Å²) in [6, 6.07) is 0. The highest BCUT2D eigenvalue weighted by atomic mass is 16.7. The van der Waals surface area contributed by atoms with Crippen LogP contribution in [0.4, 0.5) is 0 Å². The fourth-order valence-electron chi connectivity index (χ4n) is 14.3. The second-order valence-corrected chi connectivity index (χ2v) is 20.1. The number of rotatable bonds is 6. The molecule has 8 rings (SSSR count). The Morgan fingerprint density at radius 1 is 0.796 bits per heavy atom. The van der Waals surface area contributed by atoms with E-state index in [9.17, 15) is 35.7 Å².